The first kappa shape index (κ1) is 113. The number of benzene rings is 10. The highest BCUT2D eigenvalue weighted by atomic mass is 79.9. The maximum atomic E-state index is 12.3. The Morgan fingerprint density at radius 3 is 1.02 bits per heavy atom. The average molecular weight is 1850 g/mol. The Balaban J connectivity index is 0.000000508. The molecule has 0 fully saturated rings. The fraction of sp³-hybridized carbons (Fsp3) is 0.310. The van der Waals surface area contributed by atoms with Crippen molar-refractivity contribution in [3.63, 3.8) is 0 Å². The number of rotatable bonds is 39. The summed E-state index contributed by atoms with van der Waals surface area (Å²) in [7, 11) is 0. The van der Waals surface area contributed by atoms with Crippen molar-refractivity contribution in [1.82, 2.24) is 16.0 Å². The third-order valence-corrected chi connectivity index (χ3v) is 18.0. The molecule has 29 heteroatoms. The van der Waals surface area contributed by atoms with Crippen LogP contribution in [-0.2, 0) is 49.2 Å². The molecule has 0 saturated heterocycles. The highest BCUT2D eigenvalue weighted by molar-refractivity contribution is 9.09. The van der Waals surface area contributed by atoms with Crippen LogP contribution in [0, 0.1) is 55.4 Å². The molecule has 0 radical (unpaired) electrons. The number of ketones is 2. The lowest BCUT2D eigenvalue weighted by Crippen LogP contribution is -2.29. The number of primary amides is 1. The third-order valence-electron chi connectivity index (χ3n) is 17.2. The Morgan fingerprint density at radius 1 is 0.357 bits per heavy atom. The van der Waals surface area contributed by atoms with E-state index in [9.17, 15) is 43.2 Å². The van der Waals surface area contributed by atoms with Crippen molar-refractivity contribution in [3.05, 3.63) is 348 Å². The van der Waals surface area contributed by atoms with Gasteiger partial charge in [-0.25, -0.2) is 0 Å². The standard InChI is InChI=1S/C21H17NO2.C15H24N2O3.C14H20N4O3.C14H22N2O3.C9H10BrNO.C9H10ClNO.C9H10O.C8H9NO.CH4/c1-15-7-9-18(10-8-15)21(24)22-19-13-11-17(12-14-19)20(23)16-5-3-2-4-6-16;1-13-2-4-14(5-3-13)12-15(18)17-7-9-20-11-10-19-8-6-16;1-12-2-4-13(5-3-12)14(19)16-6-8-20-10-11-21-9-7-17-18-15;1-12-2-4-13(5-3-12)14(17)16-7-9-19-11-10-18-8-6-15;2*1-7-2-4-8(5-3-7)11-9(12)6-10;1-7-3-5-9(6-4-7)8(2)10;1-6-2-4-7(5-3-6)8(9)10;/h2-14H,1H3,(H,22,24);2-5H,6-12,16H2,1H3,(H,17,18);2-5H,6-11H2,1H3,(H,16,19);2-5H,6-11,15H2,1H3,(H,16,17);2*2-5H,6H2,1H3,(H,11,12);3-6H,1-2H3;2-5H,1H3,(H2,9,10);1H4. The van der Waals surface area contributed by atoms with Gasteiger partial charge in [0.2, 0.25) is 23.6 Å². The molecule has 0 heterocycles. The Hall–Kier alpha value is -12.4. The van der Waals surface area contributed by atoms with Crippen LogP contribution in [-0.4, -0.2) is 183 Å². The number of carbonyl (C=O) groups excluding carboxylic acids is 9. The number of anilines is 3. The van der Waals surface area contributed by atoms with Crippen molar-refractivity contribution < 1.29 is 71.6 Å². The van der Waals surface area contributed by atoms with Gasteiger partial charge in [0, 0.05) is 100 Å². The van der Waals surface area contributed by atoms with Crippen LogP contribution < -0.4 is 49.1 Å². The van der Waals surface area contributed by atoms with Crippen molar-refractivity contribution in [3.8, 4) is 0 Å². The van der Waals surface area contributed by atoms with Crippen LogP contribution in [0.4, 0.5) is 17.1 Å². The van der Waals surface area contributed by atoms with E-state index in [1.807, 2.05) is 231 Å². The Morgan fingerprint density at radius 2 is 0.659 bits per heavy atom. The number of nitrogens with two attached hydrogens (primary N) is 3. The fourth-order valence-electron chi connectivity index (χ4n) is 10.1. The van der Waals surface area contributed by atoms with Gasteiger partial charge in [-0.05, 0) is 170 Å². The minimum Gasteiger partial charge on any atom is -0.379 e. The third kappa shape index (κ3) is 54.4. The molecule has 0 unspecified atom stereocenters. The lowest BCUT2D eigenvalue weighted by Gasteiger charge is -2.07. The predicted octanol–water partition coefficient (Wildman–Crippen LogP) is 16.3. The molecule has 0 aliphatic heterocycles. The second-order valence-electron chi connectivity index (χ2n) is 28.3. The quantitative estimate of drug-likeness (QED) is 0.00431. The molecule has 12 N–H and O–H groups in total. The molecule has 10 rings (SSSR count). The second-order valence-corrected chi connectivity index (χ2v) is 29.1. The SMILES string of the molecule is C.CC(=O)c1ccc(C)cc1.Cc1ccc(C(=O)NCCOCCOCCN)cc1.Cc1ccc(C(=O)NCCOCCOCCN=[N+]=[N-])cc1.Cc1ccc(C(=O)Nc2ccc(C(=O)c3ccccc3)cc2)cc1.Cc1ccc(C(N)=O)cc1.Cc1ccc(CC(=O)NCCOCCOCCN)cc1.Cc1ccc(NC(=O)CBr)cc1.Cc1ccc(NC(=O)CCl)cc1. The van der Waals surface area contributed by atoms with E-state index < -0.39 is 0 Å². The van der Waals surface area contributed by atoms with E-state index in [1.54, 1.807) is 79.7 Å². The van der Waals surface area contributed by atoms with E-state index in [4.69, 9.17) is 62.8 Å². The Kier molecular flexibility index (Phi) is 60.9. The van der Waals surface area contributed by atoms with Gasteiger partial charge < -0.3 is 77.5 Å². The molecule has 0 saturated carbocycles. The summed E-state index contributed by atoms with van der Waals surface area (Å²) in [6, 6.07) is 76.2. The number of ether oxygens (including phenoxy) is 6. The molecule has 10 aromatic rings. The topological polar surface area (TPSA) is 408 Å². The summed E-state index contributed by atoms with van der Waals surface area (Å²) in [6.45, 7) is 26.2. The van der Waals surface area contributed by atoms with Crippen LogP contribution in [0.2, 0.25) is 0 Å². The van der Waals surface area contributed by atoms with Gasteiger partial charge in [-0.1, -0.05) is 225 Å². The normalized spacial score (nSPS) is 9.90. The van der Waals surface area contributed by atoms with E-state index in [0.29, 0.717) is 169 Å². The molecule has 0 aliphatic carbocycles. The number of amides is 7. The van der Waals surface area contributed by atoms with Gasteiger partial charge in [0.1, 0.15) is 5.88 Å². The van der Waals surface area contributed by atoms with Crippen molar-refractivity contribution in [2.24, 2.45) is 22.3 Å². The molecule has 0 aromatic heterocycles. The average Bonchev–Trinajstić information content (AvgIpc) is 0.842. The molecular formula is C100H126BrClN12O15. The molecule has 27 nitrogen and oxygen atoms in total. The Labute approximate surface area is 772 Å². The number of hydrogen-bond donors (Lipinski definition) is 9. The first-order valence-corrected chi connectivity index (χ1v) is 43.1. The second kappa shape index (κ2) is 69.7. The maximum absolute atomic E-state index is 12.3. The van der Waals surface area contributed by atoms with Gasteiger partial charge in [-0.2, -0.15) is 0 Å². The van der Waals surface area contributed by atoms with Crippen LogP contribution in [0.25, 0.3) is 10.4 Å². The molecule has 0 bridgehead atoms. The van der Waals surface area contributed by atoms with Crippen LogP contribution in [0.3, 0.4) is 0 Å². The van der Waals surface area contributed by atoms with Crippen molar-refractivity contribution >= 4 is 97.5 Å². The first-order valence-electron chi connectivity index (χ1n) is 41.4. The van der Waals surface area contributed by atoms with Gasteiger partial charge in [0.25, 0.3) is 17.7 Å². The Bertz CT molecular complexity index is 4770. The van der Waals surface area contributed by atoms with Gasteiger partial charge in [-0.3, -0.25) is 43.2 Å². The predicted molar refractivity (Wildman–Crippen MR) is 519 cm³/mol. The largest absolute Gasteiger partial charge is 0.379 e. The minimum atomic E-state index is -0.375. The first-order chi connectivity index (χ1) is 61.7. The number of alkyl halides is 2. The number of nitrogens with one attached hydrogen (secondary N) is 6. The van der Waals surface area contributed by atoms with E-state index in [-0.39, 0.29) is 66.2 Å². The molecule has 10 aromatic carbocycles. The van der Waals surface area contributed by atoms with Crippen molar-refractivity contribution in [2.45, 2.75) is 76.2 Å². The van der Waals surface area contributed by atoms with Gasteiger partial charge in [0.15, 0.2) is 11.6 Å². The molecule has 0 atom stereocenters. The number of carbonyl (C=O) groups is 9. The van der Waals surface area contributed by atoms with E-state index in [2.05, 4.69) is 57.9 Å². The van der Waals surface area contributed by atoms with Crippen LogP contribution >= 0.6 is 27.5 Å². The molecule has 7 amide bonds. The zero-order chi connectivity index (χ0) is 93.9. The summed E-state index contributed by atoms with van der Waals surface area (Å²) in [4.78, 5) is 105. The summed E-state index contributed by atoms with van der Waals surface area (Å²) >= 11 is 8.40. The molecule has 0 aliphatic rings. The molecule has 690 valence electrons. The lowest BCUT2D eigenvalue weighted by molar-refractivity contribution is -0.120. The summed E-state index contributed by atoms with van der Waals surface area (Å²) in [5.41, 5.74) is 40.6. The summed E-state index contributed by atoms with van der Waals surface area (Å²) in [6.07, 6.45) is 0.403. The smallest absolute Gasteiger partial charge is 0.255 e. The zero-order valence-electron chi connectivity index (χ0n) is 74.5. The minimum absolute atomic E-state index is 0. The van der Waals surface area contributed by atoms with Gasteiger partial charge in [0.05, 0.1) is 91.0 Å². The number of halogens is 2. The van der Waals surface area contributed by atoms with Crippen LogP contribution in [0.5, 0.6) is 0 Å². The highest BCUT2D eigenvalue weighted by Gasteiger charge is 2.12. The number of nitrogens with zero attached hydrogens (tertiary/aromatic N) is 3. The highest BCUT2D eigenvalue weighted by Crippen LogP contribution is 2.17. The number of azide groups is 1. The lowest BCUT2D eigenvalue weighted by atomic mass is 10.0. The fourth-order valence-corrected chi connectivity index (χ4v) is 10.3. The zero-order valence-corrected chi connectivity index (χ0v) is 76.8. The van der Waals surface area contributed by atoms with Crippen LogP contribution in [0.1, 0.15) is 132 Å². The van der Waals surface area contributed by atoms with Crippen molar-refractivity contribution in [1.29, 1.82) is 0 Å². The number of Topliss-reactive ketones (excluding diaryl/α,β-unsaturated/α-hetero) is 1. The number of aryl methyl sites for hydroxylation is 8. The summed E-state index contributed by atoms with van der Waals surface area (Å²) in [5.74, 6) is -0.846. The van der Waals surface area contributed by atoms with Gasteiger partial charge >= 0.3 is 0 Å². The molecule has 0 spiro atoms. The monoisotopic (exact) mass is 1850 g/mol. The maximum Gasteiger partial charge on any atom is 0.255 e. The molecule has 129 heavy (non-hydrogen) atoms. The number of hydrogen-bond acceptors (Lipinski definition) is 18. The summed E-state index contributed by atoms with van der Waals surface area (Å²) < 4.78 is 31.4. The van der Waals surface area contributed by atoms with E-state index in [0.717, 1.165) is 44.8 Å². The van der Waals surface area contributed by atoms with Crippen molar-refractivity contribution in [2.75, 3.05) is 146 Å². The molecular weight excluding hydrogens is 1720 g/mol. The van der Waals surface area contributed by atoms with Crippen LogP contribution in [0.15, 0.2) is 254 Å². The summed E-state index contributed by atoms with van der Waals surface area (Å²) in [5, 5.41) is 20.3. The van der Waals surface area contributed by atoms with E-state index >= 15 is 0 Å². The van der Waals surface area contributed by atoms with E-state index in [1.165, 1.54) is 22.3 Å². The van der Waals surface area contributed by atoms with Gasteiger partial charge in [-0.15, -0.1) is 11.6 Å².